The summed E-state index contributed by atoms with van der Waals surface area (Å²) in [6.07, 6.45) is 0.725. The van der Waals surface area contributed by atoms with Crippen LogP contribution in [-0.2, 0) is 6.42 Å². The summed E-state index contributed by atoms with van der Waals surface area (Å²) in [5.74, 6) is 0.619. The molecule has 0 saturated carbocycles. The van der Waals surface area contributed by atoms with Crippen molar-refractivity contribution in [3.63, 3.8) is 0 Å². The second kappa shape index (κ2) is 6.86. The summed E-state index contributed by atoms with van der Waals surface area (Å²) in [5, 5.41) is 3.23. The van der Waals surface area contributed by atoms with Crippen molar-refractivity contribution in [2.24, 2.45) is 0 Å². The Morgan fingerprint density at radius 2 is 2.05 bits per heavy atom. The molecule has 2 aromatic carbocycles. The van der Waals surface area contributed by atoms with E-state index in [-0.39, 0.29) is 11.9 Å². The van der Waals surface area contributed by atoms with Crippen molar-refractivity contribution in [2.45, 2.75) is 12.5 Å². The highest BCUT2D eigenvalue weighted by atomic mass is 79.9. The van der Waals surface area contributed by atoms with E-state index in [1.54, 1.807) is 19.2 Å². The van der Waals surface area contributed by atoms with Crippen LogP contribution in [-0.4, -0.2) is 14.2 Å². The van der Waals surface area contributed by atoms with E-state index < -0.39 is 0 Å². The highest BCUT2D eigenvalue weighted by Gasteiger charge is 2.14. The maximum Gasteiger partial charge on any atom is 0.123 e. The average Bonchev–Trinajstić information content (AvgIpc) is 2.45. The second-order valence-corrected chi connectivity index (χ2v) is 5.47. The molecule has 0 amide bonds. The molecule has 0 bridgehead atoms. The van der Waals surface area contributed by atoms with Crippen molar-refractivity contribution in [1.29, 1.82) is 0 Å². The minimum Gasteiger partial charge on any atom is -0.496 e. The molecule has 2 rings (SSSR count). The number of hydrogen-bond acceptors (Lipinski definition) is 2. The molecular weight excluding hydrogens is 321 g/mol. The number of rotatable bonds is 5. The molecule has 0 aliphatic heterocycles. The van der Waals surface area contributed by atoms with E-state index in [9.17, 15) is 4.39 Å². The summed E-state index contributed by atoms with van der Waals surface area (Å²) < 4.78 is 19.7. The molecule has 1 atom stereocenters. The van der Waals surface area contributed by atoms with Gasteiger partial charge >= 0.3 is 0 Å². The predicted molar refractivity (Wildman–Crippen MR) is 82.6 cm³/mol. The van der Waals surface area contributed by atoms with E-state index in [0.29, 0.717) is 0 Å². The Morgan fingerprint density at radius 1 is 1.25 bits per heavy atom. The van der Waals surface area contributed by atoms with Crippen molar-refractivity contribution >= 4 is 15.9 Å². The van der Waals surface area contributed by atoms with Crippen molar-refractivity contribution in [1.82, 2.24) is 5.32 Å². The number of benzene rings is 2. The number of hydrogen-bond donors (Lipinski definition) is 1. The van der Waals surface area contributed by atoms with Gasteiger partial charge in [-0.1, -0.05) is 28.1 Å². The Labute approximate surface area is 127 Å². The summed E-state index contributed by atoms with van der Waals surface area (Å²) in [7, 11) is 3.53. The third-order valence-electron chi connectivity index (χ3n) is 3.27. The van der Waals surface area contributed by atoms with Gasteiger partial charge in [-0.25, -0.2) is 4.39 Å². The lowest BCUT2D eigenvalue weighted by molar-refractivity contribution is 0.406. The van der Waals surface area contributed by atoms with Crippen LogP contribution in [0.5, 0.6) is 5.75 Å². The summed E-state index contributed by atoms with van der Waals surface area (Å²) in [6.45, 7) is 0. The lowest BCUT2D eigenvalue weighted by atomic mass is 9.98. The first-order chi connectivity index (χ1) is 9.63. The van der Waals surface area contributed by atoms with E-state index in [4.69, 9.17) is 4.74 Å². The minimum atomic E-state index is -0.219. The summed E-state index contributed by atoms with van der Waals surface area (Å²) in [5.41, 5.74) is 2.00. The fourth-order valence-electron chi connectivity index (χ4n) is 2.24. The Morgan fingerprint density at radius 3 is 2.70 bits per heavy atom. The Bertz CT molecular complexity index is 588. The molecule has 0 fully saturated rings. The minimum absolute atomic E-state index is 0.0360. The smallest absolute Gasteiger partial charge is 0.123 e. The van der Waals surface area contributed by atoms with Crippen LogP contribution in [0.4, 0.5) is 4.39 Å². The Balaban J connectivity index is 2.28. The molecule has 0 radical (unpaired) electrons. The zero-order valence-corrected chi connectivity index (χ0v) is 13.1. The zero-order chi connectivity index (χ0) is 14.5. The molecule has 106 valence electrons. The van der Waals surface area contributed by atoms with Gasteiger partial charge < -0.3 is 10.1 Å². The van der Waals surface area contributed by atoms with Gasteiger partial charge in [0.2, 0.25) is 0 Å². The number of likely N-dealkylation sites (N-methyl/N-ethyl adjacent to an activating group) is 1. The molecule has 0 aliphatic carbocycles. The first-order valence-corrected chi connectivity index (χ1v) is 7.18. The van der Waals surface area contributed by atoms with E-state index in [0.717, 1.165) is 27.8 Å². The van der Waals surface area contributed by atoms with Gasteiger partial charge in [-0.3, -0.25) is 0 Å². The third kappa shape index (κ3) is 3.58. The maximum absolute atomic E-state index is 13.4. The lowest BCUT2D eigenvalue weighted by Gasteiger charge is -2.18. The fourth-order valence-corrected chi connectivity index (χ4v) is 2.65. The molecule has 20 heavy (non-hydrogen) atoms. The number of nitrogens with one attached hydrogen (secondary N) is 1. The summed E-state index contributed by atoms with van der Waals surface area (Å²) in [4.78, 5) is 0. The topological polar surface area (TPSA) is 21.3 Å². The normalized spacial score (nSPS) is 12.2. The molecule has 2 aromatic rings. The molecule has 0 aliphatic rings. The highest BCUT2D eigenvalue weighted by Crippen LogP contribution is 2.28. The van der Waals surface area contributed by atoms with Crippen LogP contribution in [0.3, 0.4) is 0 Å². The zero-order valence-electron chi connectivity index (χ0n) is 11.5. The number of ether oxygens (including phenoxy) is 1. The van der Waals surface area contributed by atoms with Crippen LogP contribution in [0.1, 0.15) is 17.2 Å². The Kier molecular flexibility index (Phi) is 5.15. The number of methoxy groups -OCH3 is 1. The van der Waals surface area contributed by atoms with Gasteiger partial charge in [0.05, 0.1) is 7.11 Å². The van der Waals surface area contributed by atoms with Crippen LogP contribution in [0.2, 0.25) is 0 Å². The van der Waals surface area contributed by atoms with E-state index >= 15 is 0 Å². The lowest BCUT2D eigenvalue weighted by Crippen LogP contribution is -2.19. The molecule has 0 heterocycles. The monoisotopic (exact) mass is 337 g/mol. The molecule has 2 nitrogen and oxygen atoms in total. The quantitative estimate of drug-likeness (QED) is 0.886. The molecule has 0 saturated heterocycles. The average molecular weight is 338 g/mol. The maximum atomic E-state index is 13.4. The molecule has 1 N–H and O–H groups in total. The van der Waals surface area contributed by atoms with E-state index in [2.05, 4.69) is 21.2 Å². The fraction of sp³-hybridized carbons (Fsp3) is 0.250. The van der Waals surface area contributed by atoms with Gasteiger partial charge in [-0.2, -0.15) is 0 Å². The van der Waals surface area contributed by atoms with Crippen molar-refractivity contribution in [3.8, 4) is 5.75 Å². The van der Waals surface area contributed by atoms with Crippen molar-refractivity contribution in [2.75, 3.05) is 14.2 Å². The highest BCUT2D eigenvalue weighted by molar-refractivity contribution is 9.10. The molecule has 0 aromatic heterocycles. The van der Waals surface area contributed by atoms with Crippen LogP contribution < -0.4 is 10.1 Å². The van der Waals surface area contributed by atoms with E-state index in [1.165, 1.54) is 6.07 Å². The Hall–Kier alpha value is -1.39. The molecule has 4 heteroatoms. The first-order valence-electron chi connectivity index (χ1n) is 6.39. The third-order valence-corrected chi connectivity index (χ3v) is 3.76. The first kappa shape index (κ1) is 15.0. The van der Waals surface area contributed by atoms with Gasteiger partial charge in [-0.15, -0.1) is 0 Å². The van der Waals surface area contributed by atoms with Gasteiger partial charge in [0.15, 0.2) is 0 Å². The number of halogens is 2. The molecular formula is C16H17BrFNO. The van der Waals surface area contributed by atoms with Crippen LogP contribution in [0.25, 0.3) is 0 Å². The molecule has 0 spiro atoms. The largest absolute Gasteiger partial charge is 0.496 e. The van der Waals surface area contributed by atoms with Gasteiger partial charge in [-0.05, 0) is 54.9 Å². The summed E-state index contributed by atoms with van der Waals surface area (Å²) in [6, 6.07) is 12.6. The van der Waals surface area contributed by atoms with Gasteiger partial charge in [0.1, 0.15) is 11.6 Å². The second-order valence-electron chi connectivity index (χ2n) is 4.56. The molecule has 1 unspecified atom stereocenters. The van der Waals surface area contributed by atoms with Crippen molar-refractivity contribution < 1.29 is 9.13 Å². The van der Waals surface area contributed by atoms with Crippen LogP contribution in [0.15, 0.2) is 46.9 Å². The van der Waals surface area contributed by atoms with Crippen molar-refractivity contribution in [3.05, 3.63) is 63.9 Å². The predicted octanol–water partition coefficient (Wildman–Crippen LogP) is 4.10. The SMILES string of the molecule is CNC(Cc1cc(Br)ccc1OC)c1cccc(F)c1. The van der Waals surface area contributed by atoms with Gasteiger partial charge in [0, 0.05) is 10.5 Å². The van der Waals surface area contributed by atoms with Crippen LogP contribution in [0, 0.1) is 5.82 Å². The standard InChI is InChI=1S/C16H17BrFNO/c1-19-15(11-4-3-5-14(18)9-11)10-12-8-13(17)6-7-16(12)20-2/h3-9,15,19H,10H2,1-2H3. The summed E-state index contributed by atoms with van der Waals surface area (Å²) >= 11 is 3.47. The van der Waals surface area contributed by atoms with Gasteiger partial charge in [0.25, 0.3) is 0 Å². The van der Waals surface area contributed by atoms with E-state index in [1.807, 2.05) is 31.3 Å². The van der Waals surface area contributed by atoms with Crippen LogP contribution >= 0.6 is 15.9 Å².